The Morgan fingerprint density at radius 3 is 2.81 bits per heavy atom. The van der Waals surface area contributed by atoms with Gasteiger partial charge in [-0.2, -0.15) is 0 Å². The molecule has 2 unspecified atom stereocenters. The molecule has 4 rings (SSSR count). The first-order valence-electron chi connectivity index (χ1n) is 9.60. The van der Waals surface area contributed by atoms with Crippen molar-refractivity contribution in [1.82, 2.24) is 15.1 Å². The fourth-order valence-corrected chi connectivity index (χ4v) is 4.55. The van der Waals surface area contributed by atoms with Crippen LogP contribution in [-0.4, -0.2) is 68.7 Å². The number of furan rings is 1. The number of hydrogen-bond donors (Lipinski definition) is 1. The number of hydrogen-bond acceptors (Lipinski definition) is 4. The van der Waals surface area contributed by atoms with Gasteiger partial charge in [0.2, 0.25) is 0 Å². The van der Waals surface area contributed by atoms with Crippen molar-refractivity contribution in [2.45, 2.75) is 31.7 Å². The van der Waals surface area contributed by atoms with E-state index in [4.69, 9.17) is 9.15 Å². The highest BCUT2D eigenvalue weighted by atomic mass is 127. The molecule has 1 aromatic rings. The van der Waals surface area contributed by atoms with Crippen LogP contribution in [0.25, 0.3) is 0 Å². The van der Waals surface area contributed by atoms with Gasteiger partial charge in [-0.05, 0) is 50.9 Å². The summed E-state index contributed by atoms with van der Waals surface area (Å²) >= 11 is 0. The third-order valence-corrected chi connectivity index (χ3v) is 6.04. The summed E-state index contributed by atoms with van der Waals surface area (Å²) < 4.78 is 11.4. The molecule has 0 amide bonds. The van der Waals surface area contributed by atoms with Crippen molar-refractivity contribution in [3.63, 3.8) is 0 Å². The van der Waals surface area contributed by atoms with Crippen LogP contribution >= 0.6 is 24.0 Å². The molecule has 0 saturated carbocycles. The van der Waals surface area contributed by atoms with Gasteiger partial charge in [-0.25, -0.2) is 0 Å². The van der Waals surface area contributed by atoms with E-state index in [1.165, 1.54) is 25.7 Å². The van der Waals surface area contributed by atoms with Crippen molar-refractivity contribution in [3.8, 4) is 0 Å². The zero-order valence-electron chi connectivity index (χ0n) is 15.7. The number of nitrogens with zero attached hydrogens (tertiary/aromatic N) is 3. The van der Waals surface area contributed by atoms with E-state index in [9.17, 15) is 0 Å². The number of nitrogens with one attached hydrogen (secondary N) is 1. The topological polar surface area (TPSA) is 53.2 Å². The average molecular weight is 474 g/mol. The largest absolute Gasteiger partial charge is 0.468 e. The van der Waals surface area contributed by atoms with E-state index in [1.54, 1.807) is 6.26 Å². The van der Waals surface area contributed by atoms with Crippen LogP contribution in [0.1, 0.15) is 37.5 Å². The third-order valence-electron chi connectivity index (χ3n) is 6.04. The molecule has 1 aromatic heterocycles. The van der Waals surface area contributed by atoms with Gasteiger partial charge in [-0.1, -0.05) is 0 Å². The van der Waals surface area contributed by atoms with E-state index in [-0.39, 0.29) is 30.0 Å². The molecule has 2 atom stereocenters. The highest BCUT2D eigenvalue weighted by molar-refractivity contribution is 14.0. The van der Waals surface area contributed by atoms with Crippen LogP contribution in [0.4, 0.5) is 0 Å². The zero-order valence-corrected chi connectivity index (χ0v) is 18.0. The van der Waals surface area contributed by atoms with E-state index in [0.717, 1.165) is 57.7 Å². The van der Waals surface area contributed by atoms with Crippen molar-refractivity contribution in [2.75, 3.05) is 53.0 Å². The van der Waals surface area contributed by atoms with Gasteiger partial charge in [0.1, 0.15) is 5.76 Å². The summed E-state index contributed by atoms with van der Waals surface area (Å²) in [6.07, 6.45) is 6.73. The molecule has 0 aliphatic carbocycles. The number of guanidine groups is 1. The average Bonchev–Trinajstić information content (AvgIpc) is 3.42. The smallest absolute Gasteiger partial charge is 0.193 e. The molecule has 26 heavy (non-hydrogen) atoms. The molecule has 0 radical (unpaired) electrons. The van der Waals surface area contributed by atoms with Crippen molar-refractivity contribution >= 4 is 29.9 Å². The Labute approximate surface area is 173 Å². The molecular formula is C19H31IN4O2. The second-order valence-electron chi connectivity index (χ2n) is 7.68. The number of halogens is 1. The third kappa shape index (κ3) is 4.20. The van der Waals surface area contributed by atoms with Gasteiger partial charge < -0.3 is 19.4 Å². The normalized spacial score (nSPS) is 27.9. The van der Waals surface area contributed by atoms with Gasteiger partial charge in [-0.3, -0.25) is 9.89 Å². The summed E-state index contributed by atoms with van der Waals surface area (Å²) in [5, 5.41) is 3.62. The molecule has 3 aliphatic rings. The Bertz CT molecular complexity index is 580. The maximum atomic E-state index is 5.72. The Morgan fingerprint density at radius 1 is 1.31 bits per heavy atom. The van der Waals surface area contributed by atoms with Crippen LogP contribution in [0.2, 0.25) is 0 Å². The van der Waals surface area contributed by atoms with Crippen LogP contribution in [0, 0.1) is 5.41 Å². The van der Waals surface area contributed by atoms with Crippen molar-refractivity contribution < 1.29 is 9.15 Å². The SMILES string of the molecule is CN=C(NCC(c1ccco1)N1CCCC1)N1CCC2(CCOC2)C1.I. The van der Waals surface area contributed by atoms with E-state index in [2.05, 4.69) is 26.2 Å². The summed E-state index contributed by atoms with van der Waals surface area (Å²) in [7, 11) is 1.89. The maximum absolute atomic E-state index is 5.72. The molecule has 0 aromatic carbocycles. The molecule has 1 N–H and O–H groups in total. The van der Waals surface area contributed by atoms with Crippen molar-refractivity contribution in [1.29, 1.82) is 0 Å². The molecule has 1 spiro atoms. The minimum atomic E-state index is 0. The second-order valence-corrected chi connectivity index (χ2v) is 7.68. The minimum Gasteiger partial charge on any atom is -0.468 e. The summed E-state index contributed by atoms with van der Waals surface area (Å²) in [5.41, 5.74) is 0.354. The number of aliphatic imine (C=N–C) groups is 1. The minimum absolute atomic E-state index is 0. The number of likely N-dealkylation sites (tertiary alicyclic amines) is 2. The highest BCUT2D eigenvalue weighted by Crippen LogP contribution is 2.38. The molecule has 146 valence electrons. The van der Waals surface area contributed by atoms with Gasteiger partial charge >= 0.3 is 0 Å². The molecule has 0 bridgehead atoms. The molecule has 3 saturated heterocycles. The Balaban J connectivity index is 0.00000196. The van der Waals surface area contributed by atoms with Gasteiger partial charge in [0.05, 0.1) is 18.9 Å². The van der Waals surface area contributed by atoms with Crippen LogP contribution < -0.4 is 5.32 Å². The first kappa shape index (κ1) is 19.9. The van der Waals surface area contributed by atoms with E-state index >= 15 is 0 Å². The van der Waals surface area contributed by atoms with Crippen LogP contribution in [-0.2, 0) is 4.74 Å². The van der Waals surface area contributed by atoms with Gasteiger partial charge in [0.15, 0.2) is 5.96 Å². The van der Waals surface area contributed by atoms with Crippen LogP contribution in [0.15, 0.2) is 27.8 Å². The van der Waals surface area contributed by atoms with Crippen molar-refractivity contribution in [2.24, 2.45) is 10.4 Å². The van der Waals surface area contributed by atoms with E-state index in [0.29, 0.717) is 5.41 Å². The molecule has 6 nitrogen and oxygen atoms in total. The first-order chi connectivity index (χ1) is 12.3. The standard InChI is InChI=1S/C19H30N4O2.HI/c1-20-18(23-10-6-19(14-23)7-12-24-15-19)21-13-16(17-5-4-11-25-17)22-8-2-3-9-22;/h4-5,11,16H,2-3,6-10,12-15H2,1H3,(H,20,21);1H. The van der Waals surface area contributed by atoms with E-state index < -0.39 is 0 Å². The Hall–Kier alpha value is -0.800. The number of rotatable bonds is 4. The summed E-state index contributed by atoms with van der Waals surface area (Å²) in [5.74, 6) is 2.06. The Morgan fingerprint density at radius 2 is 2.15 bits per heavy atom. The molecule has 4 heterocycles. The molecular weight excluding hydrogens is 443 g/mol. The monoisotopic (exact) mass is 474 g/mol. The lowest BCUT2D eigenvalue weighted by atomic mass is 9.87. The van der Waals surface area contributed by atoms with Gasteiger partial charge in [0.25, 0.3) is 0 Å². The molecule has 7 heteroatoms. The fraction of sp³-hybridized carbons (Fsp3) is 0.737. The van der Waals surface area contributed by atoms with E-state index in [1.807, 2.05) is 13.1 Å². The zero-order chi connectivity index (χ0) is 17.1. The van der Waals surface area contributed by atoms with Crippen LogP contribution in [0.3, 0.4) is 0 Å². The lowest BCUT2D eigenvalue weighted by molar-refractivity contribution is 0.156. The molecule has 3 aliphatic heterocycles. The Kier molecular flexibility index (Phi) is 6.85. The summed E-state index contributed by atoms with van der Waals surface area (Å²) in [6, 6.07) is 4.35. The second kappa shape index (κ2) is 8.93. The fourth-order valence-electron chi connectivity index (χ4n) is 4.55. The lowest BCUT2D eigenvalue weighted by Gasteiger charge is -2.29. The highest BCUT2D eigenvalue weighted by Gasteiger charge is 2.42. The predicted octanol–water partition coefficient (Wildman–Crippen LogP) is 2.72. The lowest BCUT2D eigenvalue weighted by Crippen LogP contribution is -2.45. The summed E-state index contributed by atoms with van der Waals surface area (Å²) in [4.78, 5) is 9.47. The maximum Gasteiger partial charge on any atom is 0.193 e. The quantitative estimate of drug-likeness (QED) is 0.413. The van der Waals surface area contributed by atoms with Gasteiger partial charge in [-0.15, -0.1) is 24.0 Å². The molecule has 3 fully saturated rings. The predicted molar refractivity (Wildman–Crippen MR) is 113 cm³/mol. The van der Waals surface area contributed by atoms with Crippen molar-refractivity contribution in [3.05, 3.63) is 24.2 Å². The van der Waals surface area contributed by atoms with Gasteiger partial charge in [0, 0.05) is 38.7 Å². The summed E-state index contributed by atoms with van der Waals surface area (Å²) in [6.45, 7) is 7.07. The van der Waals surface area contributed by atoms with Crippen LogP contribution in [0.5, 0.6) is 0 Å². The first-order valence-corrected chi connectivity index (χ1v) is 9.60. The number of ether oxygens (including phenoxy) is 1.